The van der Waals surface area contributed by atoms with Crippen molar-refractivity contribution in [2.24, 2.45) is 5.92 Å². The molecule has 0 aliphatic heterocycles. The van der Waals surface area contributed by atoms with E-state index in [1.54, 1.807) is 6.07 Å². The first-order valence-electron chi connectivity index (χ1n) is 5.24. The molecule has 1 aromatic carbocycles. The lowest BCUT2D eigenvalue weighted by Gasteiger charge is -2.11. The molecule has 0 heterocycles. The Balaban J connectivity index is 2.27. The molecule has 0 radical (unpaired) electrons. The quantitative estimate of drug-likeness (QED) is 0.923. The van der Waals surface area contributed by atoms with Crippen molar-refractivity contribution in [2.75, 3.05) is 6.61 Å². The van der Waals surface area contributed by atoms with E-state index in [1.165, 1.54) is 12.8 Å². The van der Waals surface area contributed by atoms with Crippen LogP contribution >= 0.6 is 15.9 Å². The van der Waals surface area contributed by atoms with E-state index < -0.39 is 5.97 Å². The van der Waals surface area contributed by atoms with Crippen LogP contribution in [0.5, 0.6) is 5.75 Å². The summed E-state index contributed by atoms with van der Waals surface area (Å²) in [4.78, 5) is 11.1. The van der Waals surface area contributed by atoms with Crippen molar-refractivity contribution in [3.8, 4) is 5.75 Å². The van der Waals surface area contributed by atoms with Crippen LogP contribution in [-0.2, 0) is 0 Å². The number of ether oxygens (including phenoxy) is 1. The molecule has 1 aliphatic rings. The molecule has 0 atom stereocenters. The number of halogens is 1. The average molecular weight is 285 g/mol. The molecule has 1 aliphatic carbocycles. The Morgan fingerprint density at radius 3 is 2.81 bits per heavy atom. The van der Waals surface area contributed by atoms with Gasteiger partial charge in [-0.05, 0) is 59.3 Å². The van der Waals surface area contributed by atoms with Gasteiger partial charge in [-0.2, -0.15) is 0 Å². The van der Waals surface area contributed by atoms with Crippen LogP contribution in [0.1, 0.15) is 28.8 Å². The molecule has 0 amide bonds. The van der Waals surface area contributed by atoms with Crippen molar-refractivity contribution in [2.45, 2.75) is 19.8 Å². The summed E-state index contributed by atoms with van der Waals surface area (Å²) in [5.74, 6) is 0.107. The maximum absolute atomic E-state index is 11.1. The molecule has 1 N–H and O–H groups in total. The number of carboxylic acid groups (broad SMARTS) is 1. The van der Waals surface area contributed by atoms with E-state index in [-0.39, 0.29) is 5.56 Å². The van der Waals surface area contributed by atoms with Gasteiger partial charge < -0.3 is 9.84 Å². The third-order valence-electron chi connectivity index (χ3n) is 2.58. The molecular formula is C12H13BrO3. The van der Waals surface area contributed by atoms with E-state index in [4.69, 9.17) is 9.84 Å². The smallest absolute Gasteiger partial charge is 0.339 e. The highest BCUT2D eigenvalue weighted by Crippen LogP contribution is 2.34. The Kier molecular flexibility index (Phi) is 3.19. The molecule has 0 saturated heterocycles. The van der Waals surface area contributed by atoms with Gasteiger partial charge in [0.2, 0.25) is 0 Å². The van der Waals surface area contributed by atoms with Gasteiger partial charge in [0.05, 0.1) is 11.1 Å². The molecule has 1 fully saturated rings. The minimum absolute atomic E-state index is 0.229. The first-order chi connectivity index (χ1) is 7.58. The van der Waals surface area contributed by atoms with Crippen LogP contribution in [0.3, 0.4) is 0 Å². The minimum atomic E-state index is -0.949. The molecule has 0 aromatic heterocycles. The van der Waals surface area contributed by atoms with Gasteiger partial charge in [-0.25, -0.2) is 4.79 Å². The molecule has 0 unspecified atom stereocenters. The second-order valence-corrected chi connectivity index (χ2v) is 5.04. The summed E-state index contributed by atoms with van der Waals surface area (Å²) in [7, 11) is 0. The fourth-order valence-corrected chi connectivity index (χ4v) is 2.21. The van der Waals surface area contributed by atoms with Crippen LogP contribution in [0.25, 0.3) is 0 Å². The number of hydrogen-bond donors (Lipinski definition) is 1. The third kappa shape index (κ3) is 2.55. The number of carbonyl (C=O) groups is 1. The van der Waals surface area contributed by atoms with Crippen LogP contribution in [-0.4, -0.2) is 17.7 Å². The molecule has 86 valence electrons. The minimum Gasteiger partial charge on any atom is -0.491 e. The summed E-state index contributed by atoms with van der Waals surface area (Å²) in [5, 5.41) is 9.09. The molecule has 1 aromatic rings. The lowest BCUT2D eigenvalue weighted by atomic mass is 10.1. The summed E-state index contributed by atoms with van der Waals surface area (Å²) in [5.41, 5.74) is 1.13. The van der Waals surface area contributed by atoms with Crippen molar-refractivity contribution in [3.05, 3.63) is 27.7 Å². The standard InChI is InChI=1S/C12H13BrO3/c1-7-4-9(12(14)15)11(10(13)5-7)16-6-8-2-3-8/h4-5,8H,2-3,6H2,1H3,(H,14,15). The molecule has 16 heavy (non-hydrogen) atoms. The summed E-state index contributed by atoms with van der Waals surface area (Å²) in [6.07, 6.45) is 2.37. The van der Waals surface area contributed by atoms with Gasteiger partial charge in [0, 0.05) is 0 Å². The SMILES string of the molecule is Cc1cc(Br)c(OCC2CC2)c(C(=O)O)c1. The van der Waals surface area contributed by atoms with Gasteiger partial charge >= 0.3 is 5.97 Å². The van der Waals surface area contributed by atoms with Crippen molar-refractivity contribution in [1.82, 2.24) is 0 Å². The molecule has 3 nitrogen and oxygen atoms in total. The molecule has 0 spiro atoms. The third-order valence-corrected chi connectivity index (χ3v) is 3.17. The predicted molar refractivity (Wildman–Crippen MR) is 64.1 cm³/mol. The van der Waals surface area contributed by atoms with Crippen LogP contribution < -0.4 is 4.74 Å². The Morgan fingerprint density at radius 1 is 1.56 bits per heavy atom. The predicted octanol–water partition coefficient (Wildman–Crippen LogP) is 3.24. The zero-order valence-corrected chi connectivity index (χ0v) is 10.6. The fraction of sp³-hybridized carbons (Fsp3) is 0.417. The number of carboxylic acids is 1. The van der Waals surface area contributed by atoms with E-state index in [9.17, 15) is 4.79 Å². The number of aryl methyl sites for hydroxylation is 1. The number of hydrogen-bond acceptors (Lipinski definition) is 2. The highest BCUT2D eigenvalue weighted by molar-refractivity contribution is 9.10. The first-order valence-corrected chi connectivity index (χ1v) is 6.03. The lowest BCUT2D eigenvalue weighted by Crippen LogP contribution is -2.06. The fourth-order valence-electron chi connectivity index (χ4n) is 1.52. The molecule has 1 saturated carbocycles. The van der Waals surface area contributed by atoms with Gasteiger partial charge in [-0.15, -0.1) is 0 Å². The van der Waals surface area contributed by atoms with E-state index in [0.29, 0.717) is 22.7 Å². The van der Waals surface area contributed by atoms with E-state index >= 15 is 0 Å². The van der Waals surface area contributed by atoms with Crippen LogP contribution in [0.4, 0.5) is 0 Å². The van der Waals surface area contributed by atoms with Crippen molar-refractivity contribution < 1.29 is 14.6 Å². The van der Waals surface area contributed by atoms with E-state index in [0.717, 1.165) is 5.56 Å². The normalized spacial score (nSPS) is 14.9. The highest BCUT2D eigenvalue weighted by atomic mass is 79.9. The van der Waals surface area contributed by atoms with Crippen LogP contribution in [0.15, 0.2) is 16.6 Å². The lowest BCUT2D eigenvalue weighted by molar-refractivity contribution is 0.0691. The van der Waals surface area contributed by atoms with Gasteiger partial charge in [0.15, 0.2) is 0 Å². The summed E-state index contributed by atoms with van der Waals surface area (Å²) < 4.78 is 6.29. The largest absolute Gasteiger partial charge is 0.491 e. The van der Waals surface area contributed by atoms with Gasteiger partial charge in [0.1, 0.15) is 11.3 Å². The Hall–Kier alpha value is -1.03. The monoisotopic (exact) mass is 284 g/mol. The maximum atomic E-state index is 11.1. The number of rotatable bonds is 4. The second kappa shape index (κ2) is 4.45. The molecule has 2 rings (SSSR count). The molecule has 0 bridgehead atoms. The zero-order valence-electron chi connectivity index (χ0n) is 9.00. The van der Waals surface area contributed by atoms with Gasteiger partial charge in [-0.1, -0.05) is 0 Å². The maximum Gasteiger partial charge on any atom is 0.339 e. The Labute approximate surface area is 103 Å². The van der Waals surface area contributed by atoms with E-state index in [2.05, 4.69) is 15.9 Å². The van der Waals surface area contributed by atoms with E-state index in [1.807, 2.05) is 13.0 Å². The average Bonchev–Trinajstić information content (AvgIpc) is 2.98. The topological polar surface area (TPSA) is 46.5 Å². The van der Waals surface area contributed by atoms with Crippen molar-refractivity contribution in [1.29, 1.82) is 0 Å². The Bertz CT molecular complexity index is 425. The summed E-state index contributed by atoms with van der Waals surface area (Å²) in [6.45, 7) is 2.48. The second-order valence-electron chi connectivity index (χ2n) is 4.18. The number of benzene rings is 1. The van der Waals surface area contributed by atoms with Gasteiger partial charge in [0.25, 0.3) is 0 Å². The summed E-state index contributed by atoms with van der Waals surface area (Å²) in [6, 6.07) is 3.50. The van der Waals surface area contributed by atoms with Crippen LogP contribution in [0.2, 0.25) is 0 Å². The first kappa shape index (κ1) is 11.5. The van der Waals surface area contributed by atoms with Crippen LogP contribution in [0, 0.1) is 12.8 Å². The molecular weight excluding hydrogens is 272 g/mol. The zero-order chi connectivity index (χ0) is 11.7. The summed E-state index contributed by atoms with van der Waals surface area (Å²) >= 11 is 3.35. The van der Waals surface area contributed by atoms with Gasteiger partial charge in [-0.3, -0.25) is 0 Å². The van der Waals surface area contributed by atoms with Crippen molar-refractivity contribution in [3.63, 3.8) is 0 Å². The van der Waals surface area contributed by atoms with Crippen molar-refractivity contribution >= 4 is 21.9 Å². The number of aromatic carboxylic acids is 1. The highest BCUT2D eigenvalue weighted by Gasteiger charge is 2.24. The Morgan fingerprint density at radius 2 is 2.25 bits per heavy atom. The molecule has 4 heteroatoms.